The highest BCUT2D eigenvalue weighted by Gasteiger charge is 2.31. The first-order chi connectivity index (χ1) is 13.8. The lowest BCUT2D eigenvalue weighted by molar-refractivity contribution is 0.0950. The van der Waals surface area contributed by atoms with Crippen LogP contribution in [0.5, 0.6) is 5.75 Å². The fourth-order valence-electron chi connectivity index (χ4n) is 3.80. The average Bonchev–Trinajstić information content (AvgIpc) is 2.71. The van der Waals surface area contributed by atoms with Gasteiger partial charge in [0.2, 0.25) is 10.0 Å². The van der Waals surface area contributed by atoms with Crippen LogP contribution < -0.4 is 10.1 Å². The Morgan fingerprint density at radius 1 is 1.10 bits per heavy atom. The van der Waals surface area contributed by atoms with Crippen molar-refractivity contribution >= 4 is 15.9 Å². The molecule has 6 nitrogen and oxygen atoms in total. The van der Waals surface area contributed by atoms with Crippen LogP contribution in [0.3, 0.4) is 0 Å². The molecule has 1 fully saturated rings. The van der Waals surface area contributed by atoms with E-state index >= 15 is 0 Å². The Hall–Kier alpha value is -2.38. The molecule has 0 aromatic heterocycles. The zero-order valence-electron chi connectivity index (χ0n) is 17.1. The van der Waals surface area contributed by atoms with Gasteiger partial charge >= 0.3 is 0 Å². The molecular weight excluding hydrogens is 388 g/mol. The van der Waals surface area contributed by atoms with Crippen LogP contribution >= 0.6 is 0 Å². The van der Waals surface area contributed by atoms with Crippen LogP contribution in [0.15, 0.2) is 53.4 Å². The number of ether oxygens (including phenoxy) is 1. The van der Waals surface area contributed by atoms with Crippen LogP contribution in [-0.4, -0.2) is 38.8 Å². The number of benzene rings is 2. The van der Waals surface area contributed by atoms with Gasteiger partial charge in [-0.1, -0.05) is 26.0 Å². The first-order valence-electron chi connectivity index (χ1n) is 9.81. The third kappa shape index (κ3) is 5.16. The highest BCUT2D eigenvalue weighted by molar-refractivity contribution is 7.89. The summed E-state index contributed by atoms with van der Waals surface area (Å²) in [7, 11) is -1.95. The number of rotatable bonds is 6. The van der Waals surface area contributed by atoms with E-state index in [1.807, 2.05) is 24.3 Å². The maximum absolute atomic E-state index is 12.9. The molecule has 1 heterocycles. The number of methoxy groups -OCH3 is 1. The SMILES string of the molecule is COc1cccc(CNC(=O)c2ccc(S(=O)(=O)N3CC(C)CC(C)C3)cc2)c1. The Balaban J connectivity index is 1.66. The minimum atomic E-state index is -3.55. The third-order valence-corrected chi connectivity index (χ3v) is 7.02. The first-order valence-corrected chi connectivity index (χ1v) is 11.2. The van der Waals surface area contributed by atoms with Crippen LogP contribution in [0.25, 0.3) is 0 Å². The van der Waals surface area contributed by atoms with Gasteiger partial charge in [-0.3, -0.25) is 4.79 Å². The third-order valence-electron chi connectivity index (χ3n) is 5.18. The summed E-state index contributed by atoms with van der Waals surface area (Å²) in [6.07, 6.45) is 1.04. The van der Waals surface area contributed by atoms with Gasteiger partial charge in [0.1, 0.15) is 5.75 Å². The minimum Gasteiger partial charge on any atom is -0.497 e. The summed E-state index contributed by atoms with van der Waals surface area (Å²) in [5.41, 5.74) is 1.34. The summed E-state index contributed by atoms with van der Waals surface area (Å²) >= 11 is 0. The fraction of sp³-hybridized carbons (Fsp3) is 0.409. The van der Waals surface area contributed by atoms with Crippen molar-refractivity contribution in [2.24, 2.45) is 11.8 Å². The number of carbonyl (C=O) groups is 1. The predicted molar refractivity (Wildman–Crippen MR) is 112 cm³/mol. The molecule has 2 unspecified atom stereocenters. The van der Waals surface area contributed by atoms with Crippen molar-refractivity contribution in [3.63, 3.8) is 0 Å². The number of sulfonamides is 1. The van der Waals surface area contributed by atoms with Crippen LogP contribution in [0.2, 0.25) is 0 Å². The quantitative estimate of drug-likeness (QED) is 0.784. The number of nitrogens with one attached hydrogen (secondary N) is 1. The van der Waals surface area contributed by atoms with Gasteiger partial charge in [0.05, 0.1) is 12.0 Å². The molecule has 2 aromatic rings. The van der Waals surface area contributed by atoms with Gasteiger partial charge in [-0.15, -0.1) is 0 Å². The number of carbonyl (C=O) groups excluding carboxylic acids is 1. The van der Waals surface area contributed by atoms with E-state index in [4.69, 9.17) is 4.74 Å². The van der Waals surface area contributed by atoms with E-state index < -0.39 is 10.0 Å². The normalized spacial score (nSPS) is 20.2. The van der Waals surface area contributed by atoms with Gasteiger partial charge in [0.25, 0.3) is 5.91 Å². The second-order valence-electron chi connectivity index (χ2n) is 7.83. The van der Waals surface area contributed by atoms with Gasteiger partial charge in [0.15, 0.2) is 0 Å². The lowest BCUT2D eigenvalue weighted by Crippen LogP contribution is -2.42. The molecule has 1 aliphatic rings. The molecule has 3 rings (SSSR count). The smallest absolute Gasteiger partial charge is 0.251 e. The predicted octanol–water partition coefficient (Wildman–Crippen LogP) is 3.29. The van der Waals surface area contributed by atoms with E-state index in [-0.39, 0.29) is 10.8 Å². The zero-order chi connectivity index (χ0) is 21.0. The molecule has 2 atom stereocenters. The number of hydrogen-bond donors (Lipinski definition) is 1. The Labute approximate surface area is 172 Å². The second-order valence-corrected chi connectivity index (χ2v) is 9.76. The molecule has 1 saturated heterocycles. The first kappa shape index (κ1) is 21.3. The number of nitrogens with zero attached hydrogens (tertiary/aromatic N) is 1. The van der Waals surface area contributed by atoms with Crippen molar-refractivity contribution in [1.82, 2.24) is 9.62 Å². The van der Waals surface area contributed by atoms with Gasteiger partial charge in [-0.25, -0.2) is 8.42 Å². The van der Waals surface area contributed by atoms with Crippen LogP contribution in [0, 0.1) is 11.8 Å². The lowest BCUT2D eigenvalue weighted by Gasteiger charge is -2.34. The van der Waals surface area contributed by atoms with E-state index in [1.165, 1.54) is 12.1 Å². The van der Waals surface area contributed by atoms with Crippen molar-refractivity contribution in [2.75, 3.05) is 20.2 Å². The molecule has 0 saturated carbocycles. The zero-order valence-corrected chi connectivity index (χ0v) is 17.9. The number of piperidine rings is 1. The van der Waals surface area contributed by atoms with Crippen molar-refractivity contribution < 1.29 is 17.9 Å². The highest BCUT2D eigenvalue weighted by Crippen LogP contribution is 2.26. The molecule has 0 spiro atoms. The van der Waals surface area contributed by atoms with Gasteiger partial charge in [-0.05, 0) is 60.2 Å². The lowest BCUT2D eigenvalue weighted by atomic mass is 9.94. The molecule has 0 radical (unpaired) electrons. The second kappa shape index (κ2) is 8.97. The summed E-state index contributed by atoms with van der Waals surface area (Å²) in [6, 6.07) is 13.6. The molecule has 0 aliphatic carbocycles. The standard InChI is InChI=1S/C22H28N2O4S/c1-16-11-17(2)15-24(14-16)29(26,27)21-9-7-19(8-10-21)22(25)23-13-18-5-4-6-20(12-18)28-3/h4-10,12,16-17H,11,13-15H2,1-3H3,(H,23,25). The van der Waals surface area contributed by atoms with Crippen molar-refractivity contribution in [1.29, 1.82) is 0 Å². The molecule has 2 aromatic carbocycles. The molecule has 1 N–H and O–H groups in total. The largest absolute Gasteiger partial charge is 0.497 e. The fourth-order valence-corrected chi connectivity index (χ4v) is 5.48. The number of amides is 1. The maximum Gasteiger partial charge on any atom is 0.251 e. The molecule has 1 aliphatic heterocycles. The molecular formula is C22H28N2O4S. The van der Waals surface area contributed by atoms with Gasteiger partial charge < -0.3 is 10.1 Å². The minimum absolute atomic E-state index is 0.225. The topological polar surface area (TPSA) is 75.7 Å². The molecule has 156 valence electrons. The van der Waals surface area contributed by atoms with Crippen LogP contribution in [0.1, 0.15) is 36.2 Å². The van der Waals surface area contributed by atoms with Gasteiger partial charge in [0, 0.05) is 25.2 Å². The Bertz CT molecular complexity index is 947. The van der Waals surface area contributed by atoms with Crippen molar-refractivity contribution in [2.45, 2.75) is 31.7 Å². The monoisotopic (exact) mass is 416 g/mol. The van der Waals surface area contributed by atoms with E-state index in [2.05, 4.69) is 19.2 Å². The maximum atomic E-state index is 12.9. The Morgan fingerprint density at radius 3 is 2.38 bits per heavy atom. The average molecular weight is 417 g/mol. The molecule has 1 amide bonds. The molecule has 29 heavy (non-hydrogen) atoms. The molecule has 7 heteroatoms. The highest BCUT2D eigenvalue weighted by atomic mass is 32.2. The Morgan fingerprint density at radius 2 is 1.76 bits per heavy atom. The van der Waals surface area contributed by atoms with E-state index in [9.17, 15) is 13.2 Å². The van der Waals surface area contributed by atoms with Crippen molar-refractivity contribution in [3.05, 3.63) is 59.7 Å². The number of hydrogen-bond acceptors (Lipinski definition) is 4. The van der Waals surface area contributed by atoms with E-state index in [1.54, 1.807) is 23.5 Å². The summed E-state index contributed by atoms with van der Waals surface area (Å²) in [6.45, 7) is 5.59. The van der Waals surface area contributed by atoms with Gasteiger partial charge in [-0.2, -0.15) is 4.31 Å². The summed E-state index contributed by atoms with van der Waals surface area (Å²) in [5.74, 6) is 1.16. The summed E-state index contributed by atoms with van der Waals surface area (Å²) < 4.78 is 32.6. The van der Waals surface area contributed by atoms with Crippen LogP contribution in [-0.2, 0) is 16.6 Å². The van der Waals surface area contributed by atoms with E-state index in [0.29, 0.717) is 37.0 Å². The molecule has 0 bridgehead atoms. The van der Waals surface area contributed by atoms with Crippen molar-refractivity contribution in [3.8, 4) is 5.75 Å². The van der Waals surface area contributed by atoms with Crippen LogP contribution in [0.4, 0.5) is 0 Å². The summed E-state index contributed by atoms with van der Waals surface area (Å²) in [5, 5.41) is 2.85. The van der Waals surface area contributed by atoms with E-state index in [0.717, 1.165) is 17.7 Å². The Kier molecular flexibility index (Phi) is 6.59. The summed E-state index contributed by atoms with van der Waals surface area (Å²) in [4.78, 5) is 12.6.